The minimum Gasteiger partial charge on any atom is -0.462 e. The highest BCUT2D eigenvalue weighted by molar-refractivity contribution is 5.76. The maximum Gasteiger partial charge on any atom is 0.314 e. The first-order valence-electron chi connectivity index (χ1n) is 29.2. The maximum absolute atomic E-state index is 13.8. The third-order valence-electron chi connectivity index (χ3n) is 19.3. The van der Waals surface area contributed by atoms with Crippen LogP contribution in [0, 0.1) is 96.6 Å². The summed E-state index contributed by atoms with van der Waals surface area (Å²) in [6.45, 7) is 13.3. The zero-order valence-electron chi connectivity index (χ0n) is 44.8. The van der Waals surface area contributed by atoms with Crippen LogP contribution in [0.1, 0.15) is 219 Å². The summed E-state index contributed by atoms with van der Waals surface area (Å²) in [7, 11) is 0. The fourth-order valence-corrected chi connectivity index (χ4v) is 14.0. The zero-order chi connectivity index (χ0) is 49.6. The van der Waals surface area contributed by atoms with Crippen molar-refractivity contribution >= 4 is 17.9 Å². The zero-order valence-corrected chi connectivity index (χ0v) is 44.8. The Balaban J connectivity index is 0.000000155. The van der Waals surface area contributed by atoms with Crippen molar-refractivity contribution in [1.29, 1.82) is 0 Å². The molecule has 7 aliphatic rings. The molecule has 70 heavy (non-hydrogen) atoms. The number of benzene rings is 2. The predicted molar refractivity (Wildman–Crippen MR) is 281 cm³/mol. The Bertz CT molecular complexity index is 1870. The van der Waals surface area contributed by atoms with Crippen molar-refractivity contribution < 1.29 is 33.0 Å². The number of carbonyl (C=O) groups is 3. The summed E-state index contributed by atoms with van der Waals surface area (Å²) in [6.07, 6.45) is 34.8. The lowest BCUT2D eigenvalue weighted by Crippen LogP contribution is -2.31. The average Bonchev–Trinajstić information content (AvgIpc) is 3.37. The number of hydrogen-bond donors (Lipinski definition) is 0. The van der Waals surface area contributed by atoms with E-state index in [1.807, 2.05) is 38.1 Å². The molecule has 390 valence electrons. The van der Waals surface area contributed by atoms with Crippen LogP contribution >= 0.6 is 0 Å². The molecule has 0 bridgehead atoms. The van der Waals surface area contributed by atoms with Crippen LogP contribution in [-0.2, 0) is 19.1 Å². The Morgan fingerprint density at radius 1 is 0.386 bits per heavy atom. The van der Waals surface area contributed by atoms with Crippen molar-refractivity contribution in [3.8, 4) is 11.5 Å². The summed E-state index contributed by atoms with van der Waals surface area (Å²) in [4.78, 5) is 37.1. The van der Waals surface area contributed by atoms with Crippen molar-refractivity contribution in [2.45, 2.75) is 227 Å². The molecule has 0 amide bonds. The molecule has 0 atom stereocenters. The topological polar surface area (TPSA) is 78.9 Å². The normalized spacial score (nSPS) is 34.8. The Morgan fingerprint density at radius 2 is 0.700 bits per heavy atom. The van der Waals surface area contributed by atoms with Gasteiger partial charge in [0, 0.05) is 0 Å². The summed E-state index contributed by atoms with van der Waals surface area (Å²) >= 11 is 0. The van der Waals surface area contributed by atoms with Crippen molar-refractivity contribution in [1.82, 2.24) is 0 Å². The smallest absolute Gasteiger partial charge is 0.314 e. The van der Waals surface area contributed by atoms with Crippen molar-refractivity contribution in [2.75, 3.05) is 0 Å². The number of rotatable bonds is 9. The quantitative estimate of drug-likeness (QED) is 0.184. The fourth-order valence-electron chi connectivity index (χ4n) is 14.0. The maximum atomic E-state index is 13.8. The molecule has 7 fully saturated rings. The number of hydrogen-bond acceptors (Lipinski definition) is 6. The third-order valence-corrected chi connectivity index (χ3v) is 19.3. The molecule has 6 nitrogen and oxygen atoms in total. The molecule has 0 aromatic heterocycles. The number of halogens is 1. The van der Waals surface area contributed by atoms with Gasteiger partial charge in [-0.15, -0.1) is 0 Å². The van der Waals surface area contributed by atoms with Gasteiger partial charge in [-0.3, -0.25) is 14.4 Å². The van der Waals surface area contributed by atoms with Gasteiger partial charge in [-0.2, -0.15) is 0 Å². The van der Waals surface area contributed by atoms with E-state index >= 15 is 0 Å². The summed E-state index contributed by atoms with van der Waals surface area (Å²) in [5.41, 5.74) is 2.02. The van der Waals surface area contributed by atoms with Gasteiger partial charge in [-0.1, -0.05) is 90.0 Å². The van der Waals surface area contributed by atoms with E-state index in [-0.39, 0.29) is 47.5 Å². The Labute approximate surface area is 424 Å². The van der Waals surface area contributed by atoms with Crippen molar-refractivity contribution in [3.05, 3.63) is 59.4 Å². The first-order chi connectivity index (χ1) is 33.8. The molecule has 0 unspecified atom stereocenters. The average molecular weight is 967 g/mol. The highest BCUT2D eigenvalue weighted by Gasteiger charge is 2.36. The SMILES string of the molecule is CC1CCC(OC(=O)C2CCC(C3CCC(C)CC3)CC2)CC1.Cc1ccc(OC(=O)C2CCC(C3CCC(C)CC3)CC2)c(F)c1.Cc1ccc(OC(=O)C2CCC(C3CCC(C)CC3)CC2)cc1. The lowest BCUT2D eigenvalue weighted by Gasteiger charge is -2.37. The lowest BCUT2D eigenvalue weighted by atomic mass is 9.69. The molecule has 9 rings (SSSR count). The summed E-state index contributed by atoms with van der Waals surface area (Å²) in [5.74, 6) is 9.19. The molecule has 0 saturated heterocycles. The number of carbonyl (C=O) groups excluding carboxylic acids is 3. The van der Waals surface area contributed by atoms with Crippen LogP contribution in [0.4, 0.5) is 4.39 Å². The van der Waals surface area contributed by atoms with Gasteiger partial charge in [0.25, 0.3) is 0 Å². The molecular formula is C63H95FO6. The third kappa shape index (κ3) is 16.7. The molecule has 0 spiro atoms. The van der Waals surface area contributed by atoms with Crippen LogP contribution in [-0.4, -0.2) is 24.0 Å². The minimum atomic E-state index is -0.451. The van der Waals surface area contributed by atoms with Gasteiger partial charge in [0.15, 0.2) is 11.6 Å². The summed E-state index contributed by atoms with van der Waals surface area (Å²) in [5, 5.41) is 0. The van der Waals surface area contributed by atoms with Gasteiger partial charge in [0.2, 0.25) is 0 Å². The second-order valence-corrected chi connectivity index (χ2v) is 24.8. The monoisotopic (exact) mass is 967 g/mol. The van der Waals surface area contributed by atoms with Crippen LogP contribution in [0.25, 0.3) is 0 Å². The fraction of sp³-hybridized carbons (Fsp3) is 0.762. The second-order valence-electron chi connectivity index (χ2n) is 24.8. The van der Waals surface area contributed by atoms with Gasteiger partial charge in [-0.25, -0.2) is 4.39 Å². The highest BCUT2D eigenvalue weighted by Crippen LogP contribution is 2.44. The van der Waals surface area contributed by atoms with Crippen LogP contribution < -0.4 is 9.47 Å². The molecule has 0 N–H and O–H groups in total. The van der Waals surface area contributed by atoms with Crippen LogP contribution in [0.5, 0.6) is 11.5 Å². The molecule has 7 saturated carbocycles. The molecule has 2 aromatic rings. The predicted octanol–water partition coefficient (Wildman–Crippen LogP) is 16.9. The van der Waals surface area contributed by atoms with E-state index in [1.54, 1.807) is 12.1 Å². The first-order valence-corrected chi connectivity index (χ1v) is 29.2. The summed E-state index contributed by atoms with van der Waals surface area (Å²) < 4.78 is 30.6. The van der Waals surface area contributed by atoms with E-state index < -0.39 is 5.82 Å². The van der Waals surface area contributed by atoms with E-state index in [1.165, 1.54) is 127 Å². The molecular weight excluding hydrogens is 872 g/mol. The van der Waals surface area contributed by atoms with Crippen molar-refractivity contribution in [2.24, 2.45) is 76.9 Å². The Hall–Kier alpha value is -3.22. The van der Waals surface area contributed by atoms with E-state index in [9.17, 15) is 18.8 Å². The van der Waals surface area contributed by atoms with Crippen LogP contribution in [0.3, 0.4) is 0 Å². The molecule has 2 aromatic carbocycles. The summed E-state index contributed by atoms with van der Waals surface area (Å²) in [6, 6.07) is 12.5. The lowest BCUT2D eigenvalue weighted by molar-refractivity contribution is -0.157. The van der Waals surface area contributed by atoms with Gasteiger partial charge in [0.1, 0.15) is 11.9 Å². The van der Waals surface area contributed by atoms with Crippen molar-refractivity contribution in [3.63, 3.8) is 0 Å². The highest BCUT2D eigenvalue weighted by atomic mass is 19.1. The van der Waals surface area contributed by atoms with Gasteiger partial charge >= 0.3 is 17.9 Å². The Kier molecular flexibility index (Phi) is 21.2. The second kappa shape index (κ2) is 27.2. The Morgan fingerprint density at radius 3 is 1.07 bits per heavy atom. The number of aryl methyl sites for hydroxylation is 2. The molecule has 0 heterocycles. The van der Waals surface area contributed by atoms with E-state index in [2.05, 4.69) is 27.7 Å². The standard InChI is InChI=1S/C21H29FO2.C21H36O2.C21H30O2/c1-14-3-6-16(7-4-14)17-8-10-18(11-9-17)21(23)24-20-12-5-15(2)13-19(20)22;2*1-15-3-7-17(8-4-15)18-9-11-19(12-10-18)21(22)23-20-13-5-16(2)6-14-20/h5,12-14,16-18H,3-4,6-11H2,1-2H3;15-20H,3-14H2,1-2H3;5-6,13-15,17-19H,3-4,7-12H2,1-2H3. The molecule has 0 radical (unpaired) electrons. The van der Waals surface area contributed by atoms with E-state index in [4.69, 9.17) is 14.2 Å². The van der Waals surface area contributed by atoms with Gasteiger partial charge in [0.05, 0.1) is 17.8 Å². The van der Waals surface area contributed by atoms with Gasteiger partial charge < -0.3 is 14.2 Å². The van der Waals surface area contributed by atoms with Crippen LogP contribution in [0.2, 0.25) is 0 Å². The number of ether oxygens (including phenoxy) is 3. The van der Waals surface area contributed by atoms with Crippen LogP contribution in [0.15, 0.2) is 42.5 Å². The molecule has 7 heteroatoms. The molecule has 7 aliphatic carbocycles. The minimum absolute atomic E-state index is 0.0235. The molecule has 0 aliphatic heterocycles. The largest absolute Gasteiger partial charge is 0.462 e. The van der Waals surface area contributed by atoms with Gasteiger partial charge in [-0.05, 0) is 244 Å². The van der Waals surface area contributed by atoms with E-state index in [0.717, 1.165) is 129 Å². The first kappa shape index (κ1) is 54.6. The number of esters is 3. The van der Waals surface area contributed by atoms with E-state index in [0.29, 0.717) is 5.75 Å².